The van der Waals surface area contributed by atoms with Gasteiger partial charge in [-0.05, 0) is 24.8 Å². The van der Waals surface area contributed by atoms with Crippen molar-refractivity contribution in [2.45, 2.75) is 25.2 Å². The van der Waals surface area contributed by atoms with E-state index in [1.54, 1.807) is 0 Å². The van der Waals surface area contributed by atoms with Gasteiger partial charge in [0.25, 0.3) is 0 Å². The lowest BCUT2D eigenvalue weighted by molar-refractivity contribution is -0.139. The van der Waals surface area contributed by atoms with Crippen LogP contribution in [-0.2, 0) is 14.3 Å². The smallest absolute Gasteiger partial charge is 0.231 e. The molecule has 1 aromatic carbocycles. The number of carbonyl (C=O) groups excluding carboxylic acids is 2. The minimum Gasteiger partial charge on any atom is -0.381 e. The van der Waals surface area contributed by atoms with Crippen molar-refractivity contribution in [1.29, 1.82) is 0 Å². The summed E-state index contributed by atoms with van der Waals surface area (Å²) in [5.41, 5.74) is 0.727. The van der Waals surface area contributed by atoms with Gasteiger partial charge in [0, 0.05) is 51.7 Å². The molecule has 0 aromatic heterocycles. The maximum absolute atomic E-state index is 13.1. The molecule has 3 fully saturated rings. The Morgan fingerprint density at radius 1 is 1.20 bits per heavy atom. The fraction of sp³-hybridized carbons (Fsp3) is 0.600. The molecule has 3 aliphatic rings. The standard InChI is InChI=1S/C20H26N2O3/c1-21-10-9-20(19(21)24)14-22(18(23)16-7-11-25-12-8-16)13-17(20)15-5-3-2-4-6-15/h2-6,16-17H,7-14H2,1H3/t17-,20-/m0/s1. The predicted octanol–water partition coefficient (Wildman–Crippen LogP) is 1.89. The number of likely N-dealkylation sites (tertiary alicyclic amines) is 2. The average Bonchev–Trinajstić information content (AvgIpc) is 3.19. The SMILES string of the molecule is CN1CC[C@@]2(CN(C(=O)C3CCOCC3)C[C@H]2c2ccccc2)C1=O. The number of benzene rings is 1. The molecule has 134 valence electrons. The Labute approximate surface area is 148 Å². The number of rotatable bonds is 2. The molecule has 0 N–H and O–H groups in total. The normalized spacial score (nSPS) is 30.4. The highest BCUT2D eigenvalue weighted by molar-refractivity contribution is 5.89. The van der Waals surface area contributed by atoms with Crippen molar-refractivity contribution in [3.63, 3.8) is 0 Å². The maximum atomic E-state index is 13.1. The molecule has 0 aliphatic carbocycles. The maximum Gasteiger partial charge on any atom is 0.231 e. The highest BCUT2D eigenvalue weighted by atomic mass is 16.5. The van der Waals surface area contributed by atoms with Crippen molar-refractivity contribution in [2.24, 2.45) is 11.3 Å². The fourth-order valence-corrected chi connectivity index (χ4v) is 4.82. The summed E-state index contributed by atoms with van der Waals surface area (Å²) in [4.78, 5) is 29.9. The molecule has 2 atom stereocenters. The van der Waals surface area contributed by atoms with Gasteiger partial charge in [0.05, 0.1) is 5.41 Å². The first-order chi connectivity index (χ1) is 12.1. The Morgan fingerprint density at radius 2 is 1.92 bits per heavy atom. The van der Waals surface area contributed by atoms with Crippen molar-refractivity contribution < 1.29 is 14.3 Å². The van der Waals surface area contributed by atoms with Crippen molar-refractivity contribution in [3.05, 3.63) is 35.9 Å². The van der Waals surface area contributed by atoms with Crippen molar-refractivity contribution in [3.8, 4) is 0 Å². The van der Waals surface area contributed by atoms with Crippen LogP contribution in [0.1, 0.15) is 30.7 Å². The van der Waals surface area contributed by atoms with E-state index in [4.69, 9.17) is 4.74 Å². The summed E-state index contributed by atoms with van der Waals surface area (Å²) in [5.74, 6) is 0.552. The fourth-order valence-electron chi connectivity index (χ4n) is 4.82. The number of hydrogen-bond acceptors (Lipinski definition) is 3. The molecule has 0 radical (unpaired) electrons. The van der Waals surface area contributed by atoms with E-state index >= 15 is 0 Å². The molecule has 3 heterocycles. The van der Waals surface area contributed by atoms with Gasteiger partial charge in [-0.25, -0.2) is 0 Å². The molecule has 0 saturated carbocycles. The summed E-state index contributed by atoms with van der Waals surface area (Å²) in [6.45, 7) is 3.32. The number of ether oxygens (including phenoxy) is 1. The van der Waals surface area contributed by atoms with Crippen LogP contribution in [0.3, 0.4) is 0 Å². The van der Waals surface area contributed by atoms with Crippen LogP contribution in [0.25, 0.3) is 0 Å². The number of hydrogen-bond donors (Lipinski definition) is 0. The molecule has 5 heteroatoms. The summed E-state index contributed by atoms with van der Waals surface area (Å²) in [5, 5.41) is 0. The molecule has 3 aliphatic heterocycles. The van der Waals surface area contributed by atoms with Crippen LogP contribution in [0.5, 0.6) is 0 Å². The monoisotopic (exact) mass is 342 g/mol. The van der Waals surface area contributed by atoms with Crippen molar-refractivity contribution in [1.82, 2.24) is 9.80 Å². The van der Waals surface area contributed by atoms with Gasteiger partial charge in [0.2, 0.25) is 11.8 Å². The Balaban J connectivity index is 1.63. The van der Waals surface area contributed by atoms with Gasteiger partial charge in [-0.1, -0.05) is 30.3 Å². The Morgan fingerprint density at radius 3 is 2.56 bits per heavy atom. The molecule has 4 rings (SSSR count). The zero-order valence-electron chi connectivity index (χ0n) is 14.8. The highest BCUT2D eigenvalue weighted by Gasteiger charge is 2.57. The molecule has 1 spiro atoms. The van der Waals surface area contributed by atoms with Crippen LogP contribution in [-0.4, -0.2) is 61.5 Å². The third-order valence-corrected chi connectivity index (χ3v) is 6.29. The topological polar surface area (TPSA) is 49.9 Å². The molecule has 1 aromatic rings. The first-order valence-electron chi connectivity index (χ1n) is 9.29. The van der Waals surface area contributed by atoms with Crippen molar-refractivity contribution >= 4 is 11.8 Å². The molecule has 0 bridgehead atoms. The average molecular weight is 342 g/mol. The van der Waals surface area contributed by atoms with E-state index in [9.17, 15) is 9.59 Å². The lowest BCUT2D eigenvalue weighted by Crippen LogP contribution is -2.41. The van der Waals surface area contributed by atoms with E-state index in [1.807, 2.05) is 35.0 Å². The second-order valence-corrected chi connectivity index (χ2v) is 7.70. The lowest BCUT2D eigenvalue weighted by atomic mass is 9.73. The van der Waals surface area contributed by atoms with Crippen LogP contribution in [0.4, 0.5) is 0 Å². The first kappa shape index (κ1) is 16.6. The zero-order chi connectivity index (χ0) is 17.4. The van der Waals surface area contributed by atoms with Crippen LogP contribution < -0.4 is 0 Å². The van der Waals surface area contributed by atoms with E-state index in [1.165, 1.54) is 5.56 Å². The third-order valence-electron chi connectivity index (χ3n) is 6.29. The Kier molecular flexibility index (Phi) is 4.28. The van der Waals surface area contributed by atoms with E-state index in [0.717, 1.165) is 25.8 Å². The van der Waals surface area contributed by atoms with Crippen LogP contribution >= 0.6 is 0 Å². The van der Waals surface area contributed by atoms with Gasteiger partial charge in [-0.2, -0.15) is 0 Å². The molecular weight excluding hydrogens is 316 g/mol. The van der Waals surface area contributed by atoms with Crippen LogP contribution in [0, 0.1) is 11.3 Å². The largest absolute Gasteiger partial charge is 0.381 e. The minimum absolute atomic E-state index is 0.0505. The second kappa shape index (κ2) is 6.45. The zero-order valence-corrected chi connectivity index (χ0v) is 14.8. The van der Waals surface area contributed by atoms with E-state index in [2.05, 4.69) is 12.1 Å². The number of amides is 2. The second-order valence-electron chi connectivity index (χ2n) is 7.70. The summed E-state index contributed by atoms with van der Waals surface area (Å²) in [6.07, 6.45) is 2.43. The van der Waals surface area contributed by atoms with Crippen molar-refractivity contribution in [2.75, 3.05) is 39.9 Å². The molecule has 2 amide bonds. The van der Waals surface area contributed by atoms with Gasteiger partial charge >= 0.3 is 0 Å². The molecule has 0 unspecified atom stereocenters. The number of carbonyl (C=O) groups is 2. The predicted molar refractivity (Wildman–Crippen MR) is 94.0 cm³/mol. The summed E-state index contributed by atoms with van der Waals surface area (Å²) in [7, 11) is 1.88. The molecule has 25 heavy (non-hydrogen) atoms. The quantitative estimate of drug-likeness (QED) is 0.825. The third kappa shape index (κ3) is 2.74. The summed E-state index contributed by atoms with van der Waals surface area (Å²) < 4.78 is 5.40. The van der Waals surface area contributed by atoms with Crippen LogP contribution in [0.15, 0.2) is 30.3 Å². The van der Waals surface area contributed by atoms with Gasteiger partial charge in [-0.3, -0.25) is 9.59 Å². The van der Waals surface area contributed by atoms with Gasteiger partial charge in [-0.15, -0.1) is 0 Å². The summed E-state index contributed by atoms with van der Waals surface area (Å²) >= 11 is 0. The van der Waals surface area contributed by atoms with E-state index in [0.29, 0.717) is 26.3 Å². The van der Waals surface area contributed by atoms with E-state index in [-0.39, 0.29) is 23.7 Å². The molecule has 3 saturated heterocycles. The molecular formula is C20H26N2O3. The number of nitrogens with zero attached hydrogens (tertiary/aromatic N) is 2. The van der Waals surface area contributed by atoms with Crippen LogP contribution in [0.2, 0.25) is 0 Å². The minimum atomic E-state index is -0.447. The first-order valence-corrected chi connectivity index (χ1v) is 9.29. The van der Waals surface area contributed by atoms with Gasteiger partial charge in [0.15, 0.2) is 0 Å². The Bertz CT molecular complexity index is 656. The lowest BCUT2D eigenvalue weighted by Gasteiger charge is -2.29. The molecule has 5 nitrogen and oxygen atoms in total. The van der Waals surface area contributed by atoms with Gasteiger partial charge in [0.1, 0.15) is 0 Å². The highest BCUT2D eigenvalue weighted by Crippen LogP contribution is 2.50. The van der Waals surface area contributed by atoms with E-state index < -0.39 is 5.41 Å². The summed E-state index contributed by atoms with van der Waals surface area (Å²) in [6, 6.07) is 10.2. The Hall–Kier alpha value is -1.88. The van der Waals surface area contributed by atoms with Gasteiger partial charge < -0.3 is 14.5 Å².